The molecule has 0 saturated carbocycles. The largest absolute Gasteiger partial charge is 0.231 e. The lowest BCUT2D eigenvalue weighted by Crippen LogP contribution is -1.66. The minimum atomic E-state index is 0. The molecule has 0 amide bonds. The maximum Gasteiger partial charge on any atom is 0.129 e. The Morgan fingerprint density at radius 3 is 1.90 bits per heavy atom. The first-order valence-electron chi connectivity index (χ1n) is 2.92. The van der Waals surface area contributed by atoms with E-state index in [4.69, 9.17) is 0 Å². The molecule has 0 bridgehead atoms. The van der Waals surface area contributed by atoms with Crippen LogP contribution >= 0.6 is 11.5 Å². The zero-order valence-electron chi connectivity index (χ0n) is 6.03. The molecule has 1 aromatic rings. The van der Waals surface area contributed by atoms with Gasteiger partial charge < -0.3 is 0 Å². The maximum atomic E-state index is 3.65. The molecule has 0 N–H and O–H groups in total. The fraction of sp³-hybridized carbons (Fsp3) is 0.714. The molecule has 60 valence electrons. The lowest BCUT2D eigenvalue weighted by molar-refractivity contribution is 0.737. The van der Waals surface area contributed by atoms with E-state index in [9.17, 15) is 0 Å². The van der Waals surface area contributed by atoms with Gasteiger partial charge in [-0.1, -0.05) is 28.2 Å². The summed E-state index contributed by atoms with van der Waals surface area (Å²) in [5, 5.41) is 0. The molecule has 0 aliphatic heterocycles. The number of aromatic nitrogens is 2. The van der Waals surface area contributed by atoms with Gasteiger partial charge in [-0.2, -0.15) is 4.37 Å². The average Bonchev–Trinajstić information content (AvgIpc) is 2.11. The van der Waals surface area contributed by atoms with Gasteiger partial charge in [0.25, 0.3) is 0 Å². The molecule has 0 unspecified atom stereocenters. The lowest BCUT2D eigenvalue weighted by atomic mass is 10.3. The first kappa shape index (κ1) is 12.3. The van der Waals surface area contributed by atoms with E-state index in [1.807, 2.05) is 0 Å². The number of hydrogen-bond acceptors (Lipinski definition) is 3. The van der Waals surface area contributed by atoms with E-state index in [0.717, 1.165) is 5.92 Å². The first-order chi connectivity index (χ1) is 4.23. The van der Waals surface area contributed by atoms with Gasteiger partial charge in [0.15, 0.2) is 0 Å². The van der Waals surface area contributed by atoms with Crippen LogP contribution in [0.5, 0.6) is 0 Å². The zero-order chi connectivity index (χ0) is 7.11. The smallest absolute Gasteiger partial charge is 0.129 e. The van der Waals surface area contributed by atoms with Gasteiger partial charge in [0.1, 0.15) is 11.8 Å². The van der Waals surface area contributed by atoms with Gasteiger partial charge in [0.2, 0.25) is 0 Å². The van der Waals surface area contributed by atoms with E-state index in [0.29, 0.717) is 0 Å². The van der Waals surface area contributed by atoms with Crippen molar-refractivity contribution in [2.75, 3.05) is 0 Å². The summed E-state index contributed by atoms with van der Waals surface area (Å²) in [4.78, 5) is 3.63. The lowest BCUT2D eigenvalue weighted by Gasteiger charge is -1.79. The van der Waals surface area contributed by atoms with Crippen LogP contribution in [-0.4, -0.2) is 9.36 Å². The van der Waals surface area contributed by atoms with Crippen molar-refractivity contribution in [2.24, 2.45) is 5.92 Å². The summed E-state index contributed by atoms with van der Waals surface area (Å²) < 4.78 is 3.65. The predicted molar refractivity (Wildman–Crippen MR) is 47.2 cm³/mol. The molecule has 0 radical (unpaired) electrons. The third-order valence-corrected chi connectivity index (χ3v) is 0.715. The SMILES string of the molecule is C.CC(C)C.c1ncsn1. The molecule has 0 saturated heterocycles. The molecular weight excluding hydrogens is 144 g/mol. The molecular formula is C7H16N2S. The quantitative estimate of drug-likeness (QED) is 0.583. The monoisotopic (exact) mass is 160 g/mol. The van der Waals surface area contributed by atoms with E-state index >= 15 is 0 Å². The van der Waals surface area contributed by atoms with Crippen molar-refractivity contribution in [3.05, 3.63) is 11.8 Å². The Bertz CT molecular complexity index is 95.2. The van der Waals surface area contributed by atoms with E-state index in [2.05, 4.69) is 30.1 Å². The molecule has 0 fully saturated rings. The van der Waals surface area contributed by atoms with Crippen molar-refractivity contribution >= 4 is 11.5 Å². The zero-order valence-corrected chi connectivity index (χ0v) is 6.85. The van der Waals surface area contributed by atoms with Crippen molar-refractivity contribution in [2.45, 2.75) is 28.2 Å². The molecule has 3 heteroatoms. The minimum Gasteiger partial charge on any atom is -0.231 e. The van der Waals surface area contributed by atoms with Gasteiger partial charge in [0, 0.05) is 0 Å². The van der Waals surface area contributed by atoms with Crippen LogP contribution in [0.15, 0.2) is 11.8 Å². The minimum absolute atomic E-state index is 0. The standard InChI is InChI=1S/C4H10.C2H2N2S.CH4/c1-4(2)3;1-3-2-5-4-1;/h4H,1-3H3;1-2H;1H4. The van der Waals surface area contributed by atoms with Gasteiger partial charge in [-0.25, -0.2) is 4.98 Å². The van der Waals surface area contributed by atoms with Gasteiger partial charge in [-0.3, -0.25) is 0 Å². The van der Waals surface area contributed by atoms with E-state index in [-0.39, 0.29) is 7.43 Å². The Hall–Kier alpha value is -0.440. The summed E-state index contributed by atoms with van der Waals surface area (Å²) in [5.74, 6) is 0.833. The van der Waals surface area contributed by atoms with E-state index in [1.165, 1.54) is 17.9 Å². The number of nitrogens with zero attached hydrogens (tertiary/aromatic N) is 2. The Morgan fingerprint density at radius 2 is 1.80 bits per heavy atom. The van der Waals surface area contributed by atoms with Crippen LogP contribution in [0.1, 0.15) is 28.2 Å². The van der Waals surface area contributed by atoms with Gasteiger partial charge in [0.05, 0.1) is 0 Å². The number of rotatable bonds is 0. The molecule has 1 heterocycles. The van der Waals surface area contributed by atoms with Crippen LogP contribution in [0, 0.1) is 5.92 Å². The van der Waals surface area contributed by atoms with E-state index in [1.54, 1.807) is 5.51 Å². The third kappa shape index (κ3) is 15.6. The summed E-state index contributed by atoms with van der Waals surface area (Å²) in [5.41, 5.74) is 1.68. The normalized spacial score (nSPS) is 7.60. The van der Waals surface area contributed by atoms with Crippen molar-refractivity contribution in [1.82, 2.24) is 9.36 Å². The second-order valence-electron chi connectivity index (χ2n) is 2.31. The van der Waals surface area contributed by atoms with Gasteiger partial charge >= 0.3 is 0 Å². The summed E-state index contributed by atoms with van der Waals surface area (Å²) in [7, 11) is 0. The molecule has 0 spiro atoms. The first-order valence-corrected chi connectivity index (χ1v) is 3.76. The van der Waals surface area contributed by atoms with Crippen LogP contribution in [-0.2, 0) is 0 Å². The van der Waals surface area contributed by atoms with Gasteiger partial charge in [-0.05, 0) is 17.5 Å². The summed E-state index contributed by atoms with van der Waals surface area (Å²) >= 11 is 1.35. The molecule has 0 aromatic carbocycles. The van der Waals surface area contributed by atoms with Crippen LogP contribution in [0.2, 0.25) is 0 Å². The Morgan fingerprint density at radius 1 is 1.30 bits per heavy atom. The maximum absolute atomic E-state index is 3.65. The Kier molecular flexibility index (Phi) is 10.5. The Balaban J connectivity index is 0. The average molecular weight is 160 g/mol. The van der Waals surface area contributed by atoms with Crippen LogP contribution in [0.25, 0.3) is 0 Å². The highest BCUT2D eigenvalue weighted by Crippen LogP contribution is 1.81. The van der Waals surface area contributed by atoms with Gasteiger partial charge in [-0.15, -0.1) is 0 Å². The molecule has 0 aliphatic carbocycles. The molecule has 0 atom stereocenters. The second kappa shape index (κ2) is 8.56. The van der Waals surface area contributed by atoms with Crippen molar-refractivity contribution < 1.29 is 0 Å². The molecule has 0 aliphatic rings. The van der Waals surface area contributed by atoms with Crippen LogP contribution in [0.3, 0.4) is 0 Å². The topological polar surface area (TPSA) is 25.8 Å². The highest BCUT2D eigenvalue weighted by Gasteiger charge is 1.68. The highest BCUT2D eigenvalue weighted by atomic mass is 32.1. The second-order valence-corrected chi connectivity index (χ2v) is 2.95. The molecule has 2 nitrogen and oxygen atoms in total. The van der Waals surface area contributed by atoms with Crippen molar-refractivity contribution in [1.29, 1.82) is 0 Å². The van der Waals surface area contributed by atoms with Crippen molar-refractivity contribution in [3.63, 3.8) is 0 Å². The van der Waals surface area contributed by atoms with Crippen LogP contribution < -0.4 is 0 Å². The molecule has 1 aromatic heterocycles. The number of hydrogen-bond donors (Lipinski definition) is 0. The fourth-order valence-corrected chi connectivity index (χ4v) is 0.408. The fourth-order valence-electron chi connectivity index (χ4n) is 0.136. The summed E-state index contributed by atoms with van der Waals surface area (Å²) in [6.07, 6.45) is 1.52. The third-order valence-electron chi connectivity index (χ3n) is 0.283. The predicted octanol–water partition coefficient (Wildman–Crippen LogP) is 2.84. The molecule has 10 heavy (non-hydrogen) atoms. The summed E-state index contributed by atoms with van der Waals surface area (Å²) in [6.45, 7) is 6.50. The summed E-state index contributed by atoms with van der Waals surface area (Å²) in [6, 6.07) is 0. The van der Waals surface area contributed by atoms with E-state index < -0.39 is 0 Å². The molecule has 1 rings (SSSR count). The highest BCUT2D eigenvalue weighted by molar-refractivity contribution is 7.03. The Labute approximate surface area is 67.5 Å². The van der Waals surface area contributed by atoms with Crippen molar-refractivity contribution in [3.8, 4) is 0 Å². The van der Waals surface area contributed by atoms with Crippen LogP contribution in [0.4, 0.5) is 0 Å².